The highest BCUT2D eigenvalue weighted by Crippen LogP contribution is 2.30. The van der Waals surface area contributed by atoms with Gasteiger partial charge in [0.2, 0.25) is 11.8 Å². The topological polar surface area (TPSA) is 49.4 Å². The van der Waals surface area contributed by atoms with Crippen LogP contribution in [-0.2, 0) is 22.6 Å². The Labute approximate surface area is 145 Å². The number of hydrogen-bond acceptors (Lipinski definition) is 2. The van der Waals surface area contributed by atoms with E-state index in [2.05, 4.69) is 18.3 Å². The zero-order chi connectivity index (χ0) is 17.9. The molecule has 0 spiro atoms. The summed E-state index contributed by atoms with van der Waals surface area (Å²) in [6.07, 6.45) is 2.48. The van der Waals surface area contributed by atoms with Gasteiger partial charge in [0.25, 0.3) is 0 Å². The van der Waals surface area contributed by atoms with Gasteiger partial charge in [-0.05, 0) is 43.4 Å². The van der Waals surface area contributed by atoms with Crippen molar-refractivity contribution in [2.24, 2.45) is 11.8 Å². The molecule has 1 N–H and O–H groups in total. The minimum atomic E-state index is 0.00495. The molecule has 24 heavy (non-hydrogen) atoms. The molecule has 1 aromatic rings. The molecule has 2 rings (SSSR count). The van der Waals surface area contributed by atoms with Crippen LogP contribution in [0.15, 0.2) is 18.2 Å². The van der Waals surface area contributed by atoms with Crippen LogP contribution in [0.25, 0.3) is 0 Å². The van der Waals surface area contributed by atoms with E-state index in [-0.39, 0.29) is 29.7 Å². The van der Waals surface area contributed by atoms with Crippen molar-refractivity contribution in [1.82, 2.24) is 4.90 Å². The average molecular weight is 330 g/mol. The summed E-state index contributed by atoms with van der Waals surface area (Å²) in [6.45, 7) is 10.7. The van der Waals surface area contributed by atoms with E-state index >= 15 is 0 Å². The smallest absolute Gasteiger partial charge is 0.227 e. The Balaban J connectivity index is 2.23. The summed E-state index contributed by atoms with van der Waals surface area (Å²) >= 11 is 0. The van der Waals surface area contributed by atoms with Crippen molar-refractivity contribution < 1.29 is 9.59 Å². The molecule has 0 saturated carbocycles. The summed E-state index contributed by atoms with van der Waals surface area (Å²) < 4.78 is 0. The Morgan fingerprint density at radius 2 is 1.88 bits per heavy atom. The summed E-state index contributed by atoms with van der Waals surface area (Å²) in [5.41, 5.74) is 3.22. The first-order valence-corrected chi connectivity index (χ1v) is 9.11. The van der Waals surface area contributed by atoms with Gasteiger partial charge in [-0.1, -0.05) is 39.8 Å². The molecule has 0 aliphatic carbocycles. The van der Waals surface area contributed by atoms with Crippen LogP contribution < -0.4 is 5.32 Å². The summed E-state index contributed by atoms with van der Waals surface area (Å²) in [6, 6.07) is 6.16. The summed E-state index contributed by atoms with van der Waals surface area (Å²) in [5.74, 6) is 0.356. The number of hydrogen-bond donors (Lipinski definition) is 1. The molecule has 1 aliphatic heterocycles. The molecule has 0 fully saturated rings. The van der Waals surface area contributed by atoms with Gasteiger partial charge in [-0.25, -0.2) is 0 Å². The molecule has 2 amide bonds. The van der Waals surface area contributed by atoms with Crippen LogP contribution >= 0.6 is 0 Å². The van der Waals surface area contributed by atoms with Crippen LogP contribution in [0.4, 0.5) is 5.69 Å². The van der Waals surface area contributed by atoms with Crippen LogP contribution in [-0.4, -0.2) is 22.8 Å². The molecule has 0 unspecified atom stereocenters. The maximum atomic E-state index is 12.6. The van der Waals surface area contributed by atoms with Crippen molar-refractivity contribution in [3.05, 3.63) is 29.3 Å². The zero-order valence-electron chi connectivity index (χ0n) is 15.6. The quantitative estimate of drug-likeness (QED) is 0.887. The highest BCUT2D eigenvalue weighted by atomic mass is 16.2. The van der Waals surface area contributed by atoms with E-state index in [0.717, 1.165) is 30.5 Å². The van der Waals surface area contributed by atoms with E-state index in [1.54, 1.807) is 0 Å². The largest absolute Gasteiger partial charge is 0.335 e. The van der Waals surface area contributed by atoms with E-state index in [0.29, 0.717) is 6.54 Å². The lowest BCUT2D eigenvalue weighted by Gasteiger charge is -2.37. The molecule has 4 heteroatoms. The number of fused-ring (bicyclic) bond motifs is 1. The van der Waals surface area contributed by atoms with Gasteiger partial charge in [-0.15, -0.1) is 0 Å². The number of benzene rings is 1. The predicted octanol–water partition coefficient (Wildman–Crippen LogP) is 3.99. The van der Waals surface area contributed by atoms with Crippen LogP contribution in [0.5, 0.6) is 0 Å². The second kappa shape index (κ2) is 7.82. The molecule has 0 aromatic heterocycles. The lowest BCUT2D eigenvalue weighted by molar-refractivity contribution is -0.138. The Morgan fingerprint density at radius 1 is 1.21 bits per heavy atom. The maximum Gasteiger partial charge on any atom is 0.227 e. The highest BCUT2D eigenvalue weighted by Gasteiger charge is 2.30. The van der Waals surface area contributed by atoms with Gasteiger partial charge in [0.15, 0.2) is 0 Å². The van der Waals surface area contributed by atoms with E-state index in [9.17, 15) is 9.59 Å². The van der Waals surface area contributed by atoms with Gasteiger partial charge in [-0.3, -0.25) is 9.59 Å². The first-order chi connectivity index (χ1) is 11.4. The third-order valence-corrected chi connectivity index (χ3v) is 5.28. The minimum absolute atomic E-state index is 0.00495. The minimum Gasteiger partial charge on any atom is -0.335 e. The summed E-state index contributed by atoms with van der Waals surface area (Å²) in [5, 5.41) is 3.08. The number of nitrogens with one attached hydrogen (secondary N) is 1. The van der Waals surface area contributed by atoms with Crippen molar-refractivity contribution in [1.29, 1.82) is 0 Å². The van der Waals surface area contributed by atoms with Crippen LogP contribution in [0.1, 0.15) is 58.6 Å². The predicted molar refractivity (Wildman–Crippen MR) is 97.7 cm³/mol. The molecular weight excluding hydrogens is 300 g/mol. The standard InChI is InChI=1S/C20H30N2O2/c1-6-13(3)19(23)21-18-10-8-9-16-12-22(15(5)11-17(16)18)20(24)14(4)7-2/h8-10,13-15H,6-7,11-12H2,1-5H3,(H,21,23)/t13-,14+,15-/m0/s1. The third-order valence-electron chi connectivity index (χ3n) is 5.28. The number of anilines is 1. The van der Waals surface area contributed by atoms with Crippen molar-refractivity contribution in [2.75, 3.05) is 5.32 Å². The van der Waals surface area contributed by atoms with Crippen molar-refractivity contribution in [3.8, 4) is 0 Å². The lowest BCUT2D eigenvalue weighted by atomic mass is 9.91. The Hall–Kier alpha value is -1.84. The van der Waals surface area contributed by atoms with Crippen LogP contribution in [0.2, 0.25) is 0 Å². The normalized spacial score (nSPS) is 19.4. The second-order valence-electron chi connectivity index (χ2n) is 7.07. The van der Waals surface area contributed by atoms with Gasteiger partial charge in [0, 0.05) is 30.1 Å². The fraction of sp³-hybridized carbons (Fsp3) is 0.600. The molecule has 0 radical (unpaired) electrons. The molecule has 1 aliphatic rings. The number of nitrogens with zero attached hydrogens (tertiary/aromatic N) is 1. The molecule has 132 valence electrons. The van der Waals surface area contributed by atoms with E-state index in [1.165, 1.54) is 5.56 Å². The van der Waals surface area contributed by atoms with Gasteiger partial charge in [0.1, 0.15) is 0 Å². The zero-order valence-corrected chi connectivity index (χ0v) is 15.6. The van der Waals surface area contributed by atoms with E-state index in [1.807, 2.05) is 44.7 Å². The molecule has 0 bridgehead atoms. The fourth-order valence-electron chi connectivity index (χ4n) is 3.08. The van der Waals surface area contributed by atoms with E-state index in [4.69, 9.17) is 0 Å². The van der Waals surface area contributed by atoms with Gasteiger partial charge in [0.05, 0.1) is 0 Å². The SMILES string of the molecule is CC[C@@H](C)C(=O)N1Cc2cccc(NC(=O)[C@@H](C)CC)c2C[C@@H]1C. The Kier molecular flexibility index (Phi) is 6.03. The molecule has 0 saturated heterocycles. The molecule has 1 aromatic carbocycles. The number of rotatable bonds is 5. The molecule has 1 heterocycles. The molecule has 4 nitrogen and oxygen atoms in total. The fourth-order valence-corrected chi connectivity index (χ4v) is 3.08. The lowest BCUT2D eigenvalue weighted by Crippen LogP contribution is -2.45. The van der Waals surface area contributed by atoms with Gasteiger partial charge < -0.3 is 10.2 Å². The molecule has 3 atom stereocenters. The van der Waals surface area contributed by atoms with Gasteiger partial charge >= 0.3 is 0 Å². The monoisotopic (exact) mass is 330 g/mol. The summed E-state index contributed by atoms with van der Waals surface area (Å²) in [4.78, 5) is 26.8. The third kappa shape index (κ3) is 3.80. The number of amides is 2. The van der Waals surface area contributed by atoms with Crippen LogP contribution in [0, 0.1) is 11.8 Å². The summed E-state index contributed by atoms with van der Waals surface area (Å²) in [7, 11) is 0. The molecular formula is C20H30N2O2. The number of carbonyl (C=O) groups excluding carboxylic acids is 2. The Bertz CT molecular complexity index is 612. The van der Waals surface area contributed by atoms with E-state index < -0.39 is 0 Å². The van der Waals surface area contributed by atoms with Crippen LogP contribution in [0.3, 0.4) is 0 Å². The maximum absolute atomic E-state index is 12.6. The van der Waals surface area contributed by atoms with Crippen molar-refractivity contribution in [3.63, 3.8) is 0 Å². The average Bonchev–Trinajstić information content (AvgIpc) is 2.59. The highest BCUT2D eigenvalue weighted by molar-refractivity contribution is 5.93. The Morgan fingerprint density at radius 3 is 2.50 bits per heavy atom. The number of carbonyl (C=O) groups is 2. The first-order valence-electron chi connectivity index (χ1n) is 9.11. The first kappa shape index (κ1) is 18.5. The van der Waals surface area contributed by atoms with Gasteiger partial charge in [-0.2, -0.15) is 0 Å². The van der Waals surface area contributed by atoms with Crippen molar-refractivity contribution in [2.45, 2.75) is 66.5 Å². The second-order valence-corrected chi connectivity index (χ2v) is 7.07. The van der Waals surface area contributed by atoms with Crippen molar-refractivity contribution >= 4 is 17.5 Å².